The monoisotopic (exact) mass is 727 g/mol. The van der Waals surface area contributed by atoms with E-state index in [1.807, 2.05) is 0 Å². The first-order valence-electron chi connectivity index (χ1n) is 19.9. The van der Waals surface area contributed by atoms with Crippen LogP contribution < -0.4 is 16.2 Å². The lowest BCUT2D eigenvalue weighted by Crippen LogP contribution is -2.37. The fourth-order valence-electron chi connectivity index (χ4n) is 9.07. The van der Waals surface area contributed by atoms with Crippen molar-refractivity contribution >= 4 is 72.9 Å². The van der Waals surface area contributed by atoms with Gasteiger partial charge in [0, 0.05) is 44.0 Å². The molecule has 2 heterocycles. The fourth-order valence-corrected chi connectivity index (χ4v) is 9.07. The number of nitrogens with zero attached hydrogens (tertiary/aromatic N) is 1. The average Bonchev–Trinajstić information content (AvgIpc) is 3.58. The maximum atomic E-state index is 3.94. The van der Waals surface area contributed by atoms with Gasteiger partial charge in [0.15, 0.2) is 7.28 Å². The Labute approximate surface area is 334 Å². The molecular formula is C54H40BN2. The highest BCUT2D eigenvalue weighted by Crippen LogP contribution is 2.43. The molecule has 0 aliphatic carbocycles. The van der Waals surface area contributed by atoms with Crippen molar-refractivity contribution in [3.05, 3.63) is 188 Å². The molecule has 1 N–H and O–H groups in total. The first-order chi connectivity index (χ1) is 27.9. The summed E-state index contributed by atoms with van der Waals surface area (Å²) in [6.07, 6.45) is 0. The van der Waals surface area contributed by atoms with E-state index in [9.17, 15) is 0 Å². The highest BCUT2D eigenvalue weighted by atomic mass is 15.0. The van der Waals surface area contributed by atoms with Gasteiger partial charge in [0.1, 0.15) is 0 Å². The maximum absolute atomic E-state index is 3.94. The number of aromatic nitrogens is 1. The van der Waals surface area contributed by atoms with Gasteiger partial charge in [-0.15, -0.1) is 0 Å². The van der Waals surface area contributed by atoms with Crippen molar-refractivity contribution in [2.75, 3.05) is 5.32 Å². The van der Waals surface area contributed by atoms with Gasteiger partial charge in [0.2, 0.25) is 0 Å². The third kappa shape index (κ3) is 5.49. The van der Waals surface area contributed by atoms with Gasteiger partial charge in [0.25, 0.3) is 0 Å². The van der Waals surface area contributed by atoms with Gasteiger partial charge in [-0.3, -0.25) is 0 Å². The number of hydrogen-bond donors (Lipinski definition) is 1. The van der Waals surface area contributed by atoms with Crippen molar-refractivity contribution in [3.8, 4) is 39.1 Å². The van der Waals surface area contributed by atoms with Crippen LogP contribution in [0.4, 0.5) is 11.4 Å². The first kappa shape index (κ1) is 33.5. The molecule has 9 aromatic carbocycles. The van der Waals surface area contributed by atoms with Gasteiger partial charge in [0.05, 0.1) is 11.2 Å². The van der Waals surface area contributed by atoms with Gasteiger partial charge < -0.3 is 9.88 Å². The summed E-state index contributed by atoms with van der Waals surface area (Å²) in [5.74, 6) is 0. The van der Waals surface area contributed by atoms with Crippen molar-refractivity contribution in [3.63, 3.8) is 0 Å². The molecule has 3 heteroatoms. The summed E-state index contributed by atoms with van der Waals surface area (Å²) in [6.45, 7) is 6.80. The Morgan fingerprint density at radius 1 is 0.474 bits per heavy atom. The largest absolute Gasteiger partial charge is 0.355 e. The molecule has 0 saturated heterocycles. The molecule has 1 aromatic heterocycles. The van der Waals surface area contributed by atoms with Crippen LogP contribution >= 0.6 is 0 Å². The summed E-state index contributed by atoms with van der Waals surface area (Å²) in [4.78, 5) is 0. The van der Waals surface area contributed by atoms with E-state index in [1.165, 1.54) is 98.9 Å². The highest BCUT2D eigenvalue weighted by molar-refractivity contribution is 6.74. The number of anilines is 2. The third-order valence-electron chi connectivity index (χ3n) is 11.9. The van der Waals surface area contributed by atoms with E-state index in [2.05, 4.69) is 220 Å². The summed E-state index contributed by atoms with van der Waals surface area (Å²) >= 11 is 0. The number of nitrogens with one attached hydrogen (secondary N) is 1. The summed E-state index contributed by atoms with van der Waals surface area (Å²) in [7, 11) is 2.46. The Hall–Kier alpha value is -6.84. The molecule has 269 valence electrons. The van der Waals surface area contributed by atoms with Crippen LogP contribution in [0.3, 0.4) is 0 Å². The topological polar surface area (TPSA) is 17.0 Å². The second-order valence-electron chi connectivity index (χ2n) is 16.5. The highest BCUT2D eigenvalue weighted by Gasteiger charge is 2.29. The maximum Gasteiger partial charge on any atom is 0.197 e. The Morgan fingerprint density at radius 3 is 1.86 bits per heavy atom. The van der Waals surface area contributed by atoms with E-state index in [-0.39, 0.29) is 5.41 Å². The Kier molecular flexibility index (Phi) is 7.56. The third-order valence-corrected chi connectivity index (χ3v) is 11.9. The van der Waals surface area contributed by atoms with Gasteiger partial charge in [-0.1, -0.05) is 172 Å². The number of rotatable bonds is 5. The molecule has 0 atom stereocenters. The van der Waals surface area contributed by atoms with Crippen LogP contribution in [0.1, 0.15) is 26.3 Å². The molecular weight excluding hydrogens is 687 g/mol. The standard InChI is InChI=1S/C54H40BN2/c1-54(2,3)40-24-26-41(27-25-40)56-51-42-20-12-10-18-36(42)22-28-44(51)46-31-38-19-11-13-21-43(38)53-50(46)55-48-33-39(35-16-8-5-9-17-35)32-47-45-30-37(34-14-6-4-7-15-34)23-29-49(45)57(53)52(47)48/h4-33,56H,1-3H3. The normalized spacial score (nSPS) is 12.3. The van der Waals surface area contributed by atoms with E-state index < -0.39 is 0 Å². The van der Waals surface area contributed by atoms with Crippen LogP contribution in [0.25, 0.3) is 82.4 Å². The summed E-state index contributed by atoms with van der Waals surface area (Å²) in [5.41, 5.74) is 17.0. The lowest BCUT2D eigenvalue weighted by Gasteiger charge is -2.27. The molecule has 0 unspecified atom stereocenters. The van der Waals surface area contributed by atoms with Crippen molar-refractivity contribution < 1.29 is 0 Å². The van der Waals surface area contributed by atoms with Gasteiger partial charge in [-0.25, -0.2) is 0 Å². The van der Waals surface area contributed by atoms with Crippen LogP contribution in [-0.4, -0.2) is 11.8 Å². The van der Waals surface area contributed by atoms with Crippen LogP contribution in [0, 0.1) is 0 Å². The zero-order valence-electron chi connectivity index (χ0n) is 32.3. The lowest BCUT2D eigenvalue weighted by molar-refractivity contribution is 0.590. The second-order valence-corrected chi connectivity index (χ2v) is 16.5. The van der Waals surface area contributed by atoms with Crippen LogP contribution in [0.15, 0.2) is 182 Å². The van der Waals surface area contributed by atoms with E-state index in [4.69, 9.17) is 0 Å². The lowest BCUT2D eigenvalue weighted by atomic mass is 9.58. The van der Waals surface area contributed by atoms with Crippen LogP contribution in [0.5, 0.6) is 0 Å². The predicted octanol–water partition coefficient (Wildman–Crippen LogP) is 13.1. The Bertz CT molecular complexity index is 3190. The van der Waals surface area contributed by atoms with Gasteiger partial charge in [-0.05, 0) is 91.4 Å². The Balaban J connectivity index is 1.21. The minimum Gasteiger partial charge on any atom is -0.355 e. The first-order valence-corrected chi connectivity index (χ1v) is 19.9. The van der Waals surface area contributed by atoms with E-state index in [0.717, 1.165) is 11.4 Å². The summed E-state index contributed by atoms with van der Waals surface area (Å²) < 4.78 is 2.56. The molecule has 10 aromatic rings. The zero-order valence-corrected chi connectivity index (χ0v) is 32.3. The molecule has 2 nitrogen and oxygen atoms in total. The van der Waals surface area contributed by atoms with Crippen molar-refractivity contribution in [1.82, 2.24) is 4.57 Å². The molecule has 0 spiro atoms. The molecule has 1 aliphatic rings. The number of hydrogen-bond acceptors (Lipinski definition) is 1. The molecule has 0 bridgehead atoms. The molecule has 1 aliphatic heterocycles. The van der Waals surface area contributed by atoms with E-state index in [0.29, 0.717) is 0 Å². The van der Waals surface area contributed by atoms with Crippen LogP contribution in [0.2, 0.25) is 0 Å². The molecule has 57 heavy (non-hydrogen) atoms. The van der Waals surface area contributed by atoms with Gasteiger partial charge >= 0.3 is 0 Å². The minimum atomic E-state index is 0.0803. The number of benzene rings is 9. The van der Waals surface area contributed by atoms with Crippen molar-refractivity contribution in [1.29, 1.82) is 0 Å². The predicted molar refractivity (Wildman–Crippen MR) is 246 cm³/mol. The fraction of sp³-hybridized carbons (Fsp3) is 0.0741. The average molecular weight is 728 g/mol. The second kappa shape index (κ2) is 12.9. The smallest absolute Gasteiger partial charge is 0.197 e. The quantitative estimate of drug-likeness (QED) is 0.175. The number of fused-ring (bicyclic) bond motifs is 8. The Morgan fingerprint density at radius 2 is 1.12 bits per heavy atom. The van der Waals surface area contributed by atoms with Crippen molar-refractivity contribution in [2.45, 2.75) is 26.2 Å². The van der Waals surface area contributed by atoms with E-state index in [1.54, 1.807) is 0 Å². The summed E-state index contributed by atoms with van der Waals surface area (Å²) in [6, 6.07) is 67.0. The molecule has 11 rings (SSSR count). The molecule has 1 radical (unpaired) electrons. The summed E-state index contributed by atoms with van der Waals surface area (Å²) in [5, 5.41) is 11.3. The van der Waals surface area contributed by atoms with Gasteiger partial charge in [-0.2, -0.15) is 0 Å². The molecule has 0 saturated carbocycles. The molecule has 0 amide bonds. The SMILES string of the molecule is CC(C)(C)c1ccc(Nc2c(-c3cc4ccccc4c4c3[B]c3cc(-c5ccccc5)cc5c6cc(-c7ccccc7)ccc6n-4c35)ccc3ccccc23)cc1. The van der Waals surface area contributed by atoms with E-state index >= 15 is 0 Å². The minimum absolute atomic E-state index is 0.0803. The molecule has 0 fully saturated rings. The van der Waals surface area contributed by atoms with Crippen molar-refractivity contribution in [2.24, 2.45) is 0 Å². The van der Waals surface area contributed by atoms with Crippen LogP contribution in [-0.2, 0) is 5.41 Å². The zero-order chi connectivity index (χ0) is 38.3.